The molecule has 0 atom stereocenters. The Kier molecular flexibility index (Phi) is 7.29. The molecule has 0 amide bonds. The first-order valence-electron chi connectivity index (χ1n) is 8.74. The Bertz CT molecular complexity index is 581. The molecule has 6 heteroatoms. The van der Waals surface area contributed by atoms with E-state index in [1.165, 1.54) is 0 Å². The van der Waals surface area contributed by atoms with Crippen molar-refractivity contribution >= 4 is 7.82 Å². The summed E-state index contributed by atoms with van der Waals surface area (Å²) in [7, 11) is -3.57. The molecule has 1 N–H and O–H groups in total. The second-order valence-electron chi connectivity index (χ2n) is 8.10. The highest BCUT2D eigenvalue weighted by atomic mass is 31.2. The Hall–Kier alpha value is -0.870. The van der Waals surface area contributed by atoms with Gasteiger partial charge >= 0.3 is 7.82 Å². The van der Waals surface area contributed by atoms with Crippen LogP contribution in [-0.2, 0) is 35.6 Å². The smallest absolute Gasteiger partial charge is 0.475 e. The Morgan fingerprint density at radius 2 is 1.28 bits per heavy atom. The summed E-state index contributed by atoms with van der Waals surface area (Å²) >= 11 is 0. The van der Waals surface area contributed by atoms with Gasteiger partial charge in [0.05, 0.1) is 19.8 Å². The van der Waals surface area contributed by atoms with Gasteiger partial charge in [0, 0.05) is 0 Å². The zero-order valence-electron chi connectivity index (χ0n) is 16.8. The SMILES string of the molecule is CCOP(=O)(OCC)OCc1cc(C(C)(C)C)c(O)c(C(C)(C)C)c1. The molecule has 0 aromatic heterocycles. The monoisotopic (exact) mass is 372 g/mol. The lowest BCUT2D eigenvalue weighted by Crippen LogP contribution is -2.18. The molecular weight excluding hydrogens is 339 g/mol. The molecule has 1 aromatic carbocycles. The maximum absolute atomic E-state index is 12.5. The van der Waals surface area contributed by atoms with E-state index in [-0.39, 0.29) is 30.7 Å². The van der Waals surface area contributed by atoms with Crippen molar-refractivity contribution in [1.29, 1.82) is 0 Å². The molecule has 0 bridgehead atoms. The largest absolute Gasteiger partial charge is 0.507 e. The quantitative estimate of drug-likeness (QED) is 0.623. The van der Waals surface area contributed by atoms with E-state index < -0.39 is 7.82 Å². The highest BCUT2D eigenvalue weighted by molar-refractivity contribution is 7.48. The van der Waals surface area contributed by atoms with Crippen LogP contribution in [0.15, 0.2) is 12.1 Å². The lowest BCUT2D eigenvalue weighted by Gasteiger charge is -2.28. The topological polar surface area (TPSA) is 65.0 Å². The maximum Gasteiger partial charge on any atom is 0.475 e. The van der Waals surface area contributed by atoms with Gasteiger partial charge in [-0.15, -0.1) is 0 Å². The number of phosphoric acid groups is 1. The summed E-state index contributed by atoms with van der Waals surface area (Å²) in [5.74, 6) is 0.307. The van der Waals surface area contributed by atoms with Gasteiger partial charge in [-0.05, 0) is 53.5 Å². The van der Waals surface area contributed by atoms with Gasteiger partial charge in [0.1, 0.15) is 5.75 Å². The van der Waals surface area contributed by atoms with Crippen molar-refractivity contribution in [2.75, 3.05) is 13.2 Å². The van der Waals surface area contributed by atoms with E-state index in [9.17, 15) is 9.67 Å². The van der Waals surface area contributed by atoms with E-state index in [2.05, 4.69) is 0 Å². The number of phosphoric ester groups is 1. The molecule has 0 saturated carbocycles. The van der Waals surface area contributed by atoms with Gasteiger partial charge in [0.15, 0.2) is 0 Å². The first-order chi connectivity index (χ1) is 11.3. The van der Waals surface area contributed by atoms with Crippen molar-refractivity contribution in [3.05, 3.63) is 28.8 Å². The fourth-order valence-corrected chi connectivity index (χ4v) is 3.67. The highest BCUT2D eigenvalue weighted by Crippen LogP contribution is 2.50. The van der Waals surface area contributed by atoms with Crippen LogP contribution >= 0.6 is 7.82 Å². The minimum absolute atomic E-state index is 0.0870. The molecule has 0 saturated heterocycles. The number of aromatic hydroxyl groups is 1. The lowest BCUT2D eigenvalue weighted by molar-refractivity contribution is 0.116. The fourth-order valence-electron chi connectivity index (χ4n) is 2.50. The zero-order valence-corrected chi connectivity index (χ0v) is 17.7. The molecule has 0 aliphatic rings. The number of phenolic OH excluding ortho intramolecular Hbond substituents is 1. The molecule has 1 aromatic rings. The predicted molar refractivity (Wildman–Crippen MR) is 101 cm³/mol. The van der Waals surface area contributed by atoms with Crippen LogP contribution in [0.2, 0.25) is 0 Å². The van der Waals surface area contributed by atoms with Crippen LogP contribution in [0.4, 0.5) is 0 Å². The molecule has 0 unspecified atom stereocenters. The third-order valence-corrected chi connectivity index (χ3v) is 5.34. The number of benzene rings is 1. The van der Waals surface area contributed by atoms with Gasteiger partial charge in [-0.1, -0.05) is 41.5 Å². The number of hydrogen-bond acceptors (Lipinski definition) is 5. The van der Waals surface area contributed by atoms with Gasteiger partial charge in [0.25, 0.3) is 0 Å². The average Bonchev–Trinajstić information content (AvgIpc) is 2.44. The average molecular weight is 372 g/mol. The number of phenols is 1. The summed E-state index contributed by atoms with van der Waals surface area (Å²) in [6, 6.07) is 3.79. The fraction of sp³-hybridized carbons (Fsp3) is 0.684. The normalized spacial score (nSPS) is 13.3. The zero-order chi connectivity index (χ0) is 19.5. The third kappa shape index (κ3) is 6.10. The van der Waals surface area contributed by atoms with E-state index in [0.29, 0.717) is 5.75 Å². The molecule has 0 heterocycles. The van der Waals surface area contributed by atoms with Gasteiger partial charge in [-0.25, -0.2) is 4.57 Å². The van der Waals surface area contributed by atoms with E-state index in [1.807, 2.05) is 53.7 Å². The molecule has 0 spiro atoms. The summed E-state index contributed by atoms with van der Waals surface area (Å²) in [5, 5.41) is 10.7. The van der Waals surface area contributed by atoms with E-state index in [0.717, 1.165) is 16.7 Å². The van der Waals surface area contributed by atoms with Gasteiger partial charge in [0.2, 0.25) is 0 Å². The Balaban J connectivity index is 3.26. The first kappa shape index (κ1) is 22.2. The number of rotatable bonds is 7. The van der Waals surface area contributed by atoms with Crippen LogP contribution in [0.25, 0.3) is 0 Å². The Labute approximate surface area is 152 Å². The van der Waals surface area contributed by atoms with Crippen molar-refractivity contribution in [3.63, 3.8) is 0 Å². The highest BCUT2D eigenvalue weighted by Gasteiger charge is 2.29. The first-order valence-corrected chi connectivity index (χ1v) is 10.2. The predicted octanol–water partition coefficient (Wildman–Crippen LogP) is 5.68. The molecule has 0 aliphatic carbocycles. The summed E-state index contributed by atoms with van der Waals surface area (Å²) in [6.45, 7) is 16.3. The maximum atomic E-state index is 12.5. The van der Waals surface area contributed by atoms with Gasteiger partial charge in [-0.2, -0.15) is 0 Å². The summed E-state index contributed by atoms with van der Waals surface area (Å²) in [4.78, 5) is 0. The third-order valence-electron chi connectivity index (χ3n) is 3.75. The lowest BCUT2D eigenvalue weighted by atomic mass is 9.78. The van der Waals surface area contributed by atoms with Crippen LogP contribution < -0.4 is 0 Å². The molecule has 25 heavy (non-hydrogen) atoms. The molecule has 0 aliphatic heterocycles. The van der Waals surface area contributed by atoms with Crippen molar-refractivity contribution < 1.29 is 23.2 Å². The van der Waals surface area contributed by atoms with E-state index >= 15 is 0 Å². The molecule has 0 fully saturated rings. The molecule has 1 rings (SSSR count). The Morgan fingerprint density at radius 3 is 1.60 bits per heavy atom. The van der Waals surface area contributed by atoms with Crippen LogP contribution in [0.1, 0.15) is 72.1 Å². The van der Waals surface area contributed by atoms with Crippen LogP contribution in [0.5, 0.6) is 5.75 Å². The minimum Gasteiger partial charge on any atom is -0.507 e. The number of hydrogen-bond donors (Lipinski definition) is 1. The summed E-state index contributed by atoms with van der Waals surface area (Å²) in [6.07, 6.45) is 0. The minimum atomic E-state index is -3.57. The summed E-state index contributed by atoms with van der Waals surface area (Å²) < 4.78 is 28.3. The molecule has 144 valence electrons. The van der Waals surface area contributed by atoms with E-state index in [4.69, 9.17) is 13.6 Å². The Morgan fingerprint density at radius 1 is 0.880 bits per heavy atom. The second-order valence-corrected chi connectivity index (χ2v) is 9.76. The molecule has 0 radical (unpaired) electrons. The van der Waals surface area contributed by atoms with Crippen molar-refractivity contribution in [2.45, 2.75) is 72.8 Å². The van der Waals surface area contributed by atoms with E-state index in [1.54, 1.807) is 13.8 Å². The van der Waals surface area contributed by atoms with Crippen molar-refractivity contribution in [1.82, 2.24) is 0 Å². The van der Waals surface area contributed by atoms with Crippen LogP contribution in [-0.4, -0.2) is 18.3 Å². The van der Waals surface area contributed by atoms with Crippen molar-refractivity contribution in [3.8, 4) is 5.75 Å². The van der Waals surface area contributed by atoms with Crippen LogP contribution in [0.3, 0.4) is 0 Å². The van der Waals surface area contributed by atoms with Crippen LogP contribution in [0, 0.1) is 0 Å². The van der Waals surface area contributed by atoms with Gasteiger partial charge in [-0.3, -0.25) is 13.6 Å². The van der Waals surface area contributed by atoms with Crippen molar-refractivity contribution in [2.24, 2.45) is 0 Å². The molecular formula is C19H33O5P. The second kappa shape index (κ2) is 8.22. The standard InChI is InChI=1S/C19H33O5P/c1-9-22-25(21,23-10-2)24-13-14-11-15(18(3,4)5)17(20)16(12-14)19(6,7)8/h11-12,20H,9-10,13H2,1-8H3. The van der Waals surface area contributed by atoms with Gasteiger partial charge < -0.3 is 5.11 Å². The molecule has 5 nitrogen and oxygen atoms in total. The summed E-state index contributed by atoms with van der Waals surface area (Å²) in [5.41, 5.74) is 2.03.